The zero-order chi connectivity index (χ0) is 57.8. The second kappa shape index (κ2) is 19.9. The lowest BCUT2D eigenvalue weighted by atomic mass is 9.86. The van der Waals surface area contributed by atoms with Gasteiger partial charge in [0.15, 0.2) is 23.3 Å². The van der Waals surface area contributed by atoms with Crippen molar-refractivity contribution < 1.29 is 0 Å². The molecule has 0 amide bonds. The van der Waals surface area contributed by atoms with Gasteiger partial charge in [0.1, 0.15) is 0 Å². The smallest absolute Gasteiger partial charge is 0.238 e. The Bertz CT molecular complexity index is 5360. The summed E-state index contributed by atoms with van der Waals surface area (Å²) in [6.45, 7) is 0. The van der Waals surface area contributed by atoms with E-state index in [0.29, 0.717) is 35.2 Å². The molecule has 0 fully saturated rings. The highest BCUT2D eigenvalue weighted by molar-refractivity contribution is 6.23. The Morgan fingerprint density at radius 2 is 0.705 bits per heavy atom. The summed E-state index contributed by atoms with van der Waals surface area (Å²) in [7, 11) is 0. The molecule has 1 aliphatic carbocycles. The average Bonchev–Trinajstić information content (AvgIpc) is 2.14. The first-order valence-electron chi connectivity index (χ1n) is 29.8. The van der Waals surface area contributed by atoms with Gasteiger partial charge in [-0.15, -0.1) is 0 Å². The summed E-state index contributed by atoms with van der Waals surface area (Å²) in [5, 5.41) is 5.64. The van der Waals surface area contributed by atoms with Crippen molar-refractivity contribution in [2.75, 3.05) is 4.90 Å². The van der Waals surface area contributed by atoms with Crippen LogP contribution in [0.25, 0.3) is 135 Å². The first-order valence-corrected chi connectivity index (χ1v) is 29.8. The molecule has 0 saturated carbocycles. The fourth-order valence-electron chi connectivity index (χ4n) is 13.9. The second-order valence-corrected chi connectivity index (χ2v) is 22.6. The standard InChI is InChI=1S/C78H50N10/c1-5-23-49(24-6-1)73-79-74(50-25-7-2-8-26-50)82-77(81-73)87-67-41-19-15-37-59(67)63-45-43-61-57-35-13-17-39-65(57)85(69(61)71(63)87)55-33-21-31-53(47-55)54-32-22-34-56(48-54)86-66-40-18-14-36-58(66)62-44-46-64-60-38-16-20-42-68(60)88(72(64)70(62)86)78-83-75(51-27-9-3-10-28-51)80-76(84-78)52-29-11-4-12-30-52/h1-48,61,69H. The molecular formula is C78H50N10. The van der Waals surface area contributed by atoms with E-state index in [-0.39, 0.29) is 12.0 Å². The van der Waals surface area contributed by atoms with Gasteiger partial charge in [-0.2, -0.15) is 19.9 Å². The zero-order valence-corrected chi connectivity index (χ0v) is 47.3. The van der Waals surface area contributed by atoms with E-state index in [2.05, 4.69) is 237 Å². The molecule has 0 radical (unpaired) electrons. The number of hydrogen-bond donors (Lipinski definition) is 0. The van der Waals surface area contributed by atoms with Gasteiger partial charge >= 0.3 is 0 Å². The van der Waals surface area contributed by atoms with E-state index in [1.165, 1.54) is 5.56 Å². The highest BCUT2D eigenvalue weighted by Crippen LogP contribution is 2.58. The minimum Gasteiger partial charge on any atom is -0.331 e. The number of para-hydroxylation sites is 4. The Kier molecular flexibility index (Phi) is 11.2. The fraction of sp³-hybridized carbons (Fsp3) is 0.0256. The van der Waals surface area contributed by atoms with Gasteiger partial charge in [0, 0.05) is 77.7 Å². The molecule has 16 aromatic rings. The van der Waals surface area contributed by atoms with Crippen molar-refractivity contribution in [3.05, 3.63) is 302 Å². The van der Waals surface area contributed by atoms with Crippen LogP contribution in [0.1, 0.15) is 28.8 Å². The summed E-state index contributed by atoms with van der Waals surface area (Å²) in [4.78, 5) is 34.3. The van der Waals surface area contributed by atoms with E-state index in [1.54, 1.807) is 0 Å². The molecule has 10 heteroatoms. The lowest BCUT2D eigenvalue weighted by Crippen LogP contribution is -2.26. The molecule has 10 nitrogen and oxygen atoms in total. The molecule has 0 spiro atoms. The van der Waals surface area contributed by atoms with E-state index in [4.69, 9.17) is 29.9 Å². The van der Waals surface area contributed by atoms with Crippen LogP contribution < -0.4 is 4.90 Å². The predicted octanol–water partition coefficient (Wildman–Crippen LogP) is 18.5. The van der Waals surface area contributed by atoms with Crippen LogP contribution in [0.3, 0.4) is 0 Å². The largest absolute Gasteiger partial charge is 0.331 e. The molecule has 18 rings (SSSR count). The van der Waals surface area contributed by atoms with Crippen LogP contribution in [-0.2, 0) is 0 Å². The Balaban J connectivity index is 0.818. The van der Waals surface area contributed by atoms with Gasteiger partial charge in [-0.05, 0) is 65.2 Å². The first kappa shape index (κ1) is 49.5. The SMILES string of the molecule is C1=CC2c3ccccc3N(c3cccc(-c4cccc(-n5c6ccccc6c6ccc7c8ccccc8n(-c8nc(-c9ccccc9)nc(-c9ccccc9)n8)c7c65)c4)c3)C2c2c1c1ccccc1n2-c1nc(-c2ccccc2)nc(-c2ccccc2)n1. The van der Waals surface area contributed by atoms with Crippen molar-refractivity contribution in [1.29, 1.82) is 0 Å². The number of anilines is 2. The van der Waals surface area contributed by atoms with Crippen LogP contribution in [-0.4, -0.2) is 43.6 Å². The van der Waals surface area contributed by atoms with Crippen LogP contribution >= 0.6 is 0 Å². The summed E-state index contributed by atoms with van der Waals surface area (Å²) < 4.78 is 7.01. The Labute approximate surface area is 506 Å². The van der Waals surface area contributed by atoms with Crippen molar-refractivity contribution in [2.24, 2.45) is 0 Å². The Morgan fingerprint density at radius 1 is 0.295 bits per heavy atom. The van der Waals surface area contributed by atoms with Gasteiger partial charge in [-0.3, -0.25) is 9.13 Å². The third-order valence-corrected chi connectivity index (χ3v) is 17.7. The first-order chi connectivity index (χ1) is 43.7. The number of nitrogens with zero attached hydrogens (tertiary/aromatic N) is 10. The zero-order valence-electron chi connectivity index (χ0n) is 47.3. The molecule has 0 N–H and O–H groups in total. The third kappa shape index (κ3) is 7.75. The predicted molar refractivity (Wildman–Crippen MR) is 355 cm³/mol. The van der Waals surface area contributed by atoms with Crippen LogP contribution in [0.4, 0.5) is 11.4 Å². The van der Waals surface area contributed by atoms with E-state index >= 15 is 0 Å². The van der Waals surface area contributed by atoms with Crippen LogP contribution in [0, 0.1) is 0 Å². The maximum absolute atomic E-state index is 5.38. The van der Waals surface area contributed by atoms with Crippen molar-refractivity contribution >= 4 is 72.0 Å². The molecule has 88 heavy (non-hydrogen) atoms. The number of rotatable bonds is 9. The van der Waals surface area contributed by atoms with E-state index in [1.807, 2.05) is 72.8 Å². The minimum atomic E-state index is -0.160. The molecule has 2 aliphatic rings. The van der Waals surface area contributed by atoms with E-state index in [0.717, 1.165) is 116 Å². The van der Waals surface area contributed by atoms with Gasteiger partial charge in [-0.25, -0.2) is 9.97 Å². The summed E-state index contributed by atoms with van der Waals surface area (Å²) in [6.07, 6.45) is 4.73. The molecule has 6 heterocycles. The molecular weight excluding hydrogens is 1080 g/mol. The van der Waals surface area contributed by atoms with Crippen molar-refractivity contribution in [1.82, 2.24) is 43.6 Å². The van der Waals surface area contributed by atoms with E-state index in [9.17, 15) is 0 Å². The maximum atomic E-state index is 5.38. The fourth-order valence-corrected chi connectivity index (χ4v) is 13.9. The van der Waals surface area contributed by atoms with Crippen molar-refractivity contribution in [2.45, 2.75) is 12.0 Å². The Hall–Kier alpha value is -11.9. The summed E-state index contributed by atoms with van der Waals surface area (Å²) >= 11 is 0. The molecule has 0 bridgehead atoms. The average molecular weight is 1130 g/mol. The van der Waals surface area contributed by atoms with Gasteiger partial charge in [0.2, 0.25) is 11.9 Å². The molecule has 412 valence electrons. The molecule has 0 saturated heterocycles. The summed E-state index contributed by atoms with van der Waals surface area (Å²) in [5.41, 5.74) is 17.9. The van der Waals surface area contributed by atoms with Crippen LogP contribution in [0.5, 0.6) is 0 Å². The van der Waals surface area contributed by atoms with Crippen LogP contribution in [0.15, 0.2) is 285 Å². The number of hydrogen-bond acceptors (Lipinski definition) is 7. The quantitative estimate of drug-likeness (QED) is 0.142. The number of aromatic nitrogens is 9. The van der Waals surface area contributed by atoms with Gasteiger partial charge in [-0.1, -0.05) is 243 Å². The third-order valence-electron chi connectivity index (χ3n) is 17.7. The van der Waals surface area contributed by atoms with Crippen LogP contribution in [0.2, 0.25) is 0 Å². The molecule has 11 aromatic carbocycles. The Morgan fingerprint density at radius 3 is 1.25 bits per heavy atom. The van der Waals surface area contributed by atoms with E-state index < -0.39 is 0 Å². The van der Waals surface area contributed by atoms with Gasteiger partial charge < -0.3 is 9.47 Å². The molecule has 1 aliphatic heterocycles. The number of fused-ring (bicyclic) bond motifs is 14. The molecule has 2 atom stereocenters. The highest BCUT2D eigenvalue weighted by Gasteiger charge is 2.44. The maximum Gasteiger partial charge on any atom is 0.238 e. The summed E-state index contributed by atoms with van der Waals surface area (Å²) in [5.74, 6) is 3.58. The molecule has 5 aromatic heterocycles. The highest BCUT2D eigenvalue weighted by atomic mass is 15.3. The normalized spacial score (nSPS) is 14.3. The second-order valence-electron chi connectivity index (χ2n) is 22.6. The number of benzene rings is 11. The monoisotopic (exact) mass is 1130 g/mol. The lowest BCUT2D eigenvalue weighted by molar-refractivity contribution is 0.630. The lowest BCUT2D eigenvalue weighted by Gasteiger charge is -2.33. The van der Waals surface area contributed by atoms with Crippen molar-refractivity contribution in [3.8, 4) is 74.3 Å². The topological polar surface area (TPSA) is 95.4 Å². The summed E-state index contributed by atoms with van der Waals surface area (Å²) in [6, 6.07) is 98.2. The van der Waals surface area contributed by atoms with Gasteiger partial charge in [0.05, 0.1) is 39.3 Å². The van der Waals surface area contributed by atoms with Crippen molar-refractivity contribution in [3.63, 3.8) is 0 Å². The minimum absolute atomic E-state index is 0.0258. The van der Waals surface area contributed by atoms with Gasteiger partial charge in [0.25, 0.3) is 0 Å². The molecule has 2 unspecified atom stereocenters.